The van der Waals surface area contributed by atoms with Crippen LogP contribution in [0, 0.1) is 80.2 Å². The molecule has 8 aliphatic rings. The first-order valence-corrected chi connectivity index (χ1v) is 45.1. The normalized spacial score (nSPS) is 21.1. The quantitative estimate of drug-likeness (QED) is 0.0660. The summed E-state index contributed by atoms with van der Waals surface area (Å²) in [5.41, 5.74) is 15.3. The zero-order valence-corrected chi connectivity index (χ0v) is 77.6. The van der Waals surface area contributed by atoms with Crippen molar-refractivity contribution in [1.82, 2.24) is 57.8 Å². The molecular weight excluding hydrogens is 1770 g/mol. The number of fused-ring (bicyclic) bond motifs is 4. The molecule has 0 saturated carbocycles. The fourth-order valence-electron chi connectivity index (χ4n) is 18.7. The summed E-state index contributed by atoms with van der Waals surface area (Å²) in [4.78, 5) is 47.9. The van der Waals surface area contributed by atoms with E-state index in [0.717, 1.165) is 201 Å². The number of rotatable bonds is 17. The van der Waals surface area contributed by atoms with Crippen molar-refractivity contribution in [3.05, 3.63) is 332 Å². The summed E-state index contributed by atoms with van der Waals surface area (Å²) in [6.45, 7) is 17.3. The molecule has 33 heteroatoms. The number of imidazole rings is 4. The van der Waals surface area contributed by atoms with Crippen LogP contribution >= 0.6 is 0 Å². The molecule has 5 atom stereocenters. The summed E-state index contributed by atoms with van der Waals surface area (Å²) >= 11 is 0. The van der Waals surface area contributed by atoms with Gasteiger partial charge in [-0.15, -0.1) is 0 Å². The Labute approximate surface area is 787 Å². The maximum Gasteiger partial charge on any atom is 0.194 e. The van der Waals surface area contributed by atoms with Gasteiger partial charge in [0.15, 0.2) is 58.2 Å². The van der Waals surface area contributed by atoms with Crippen LogP contribution in [0.4, 0.5) is 35.1 Å². The minimum absolute atomic E-state index is 0.0772. The van der Waals surface area contributed by atoms with Crippen molar-refractivity contribution in [1.29, 1.82) is 0 Å². The number of oxime groups is 4. The van der Waals surface area contributed by atoms with E-state index in [-0.39, 0.29) is 44.0 Å². The Kier molecular flexibility index (Phi) is 27.5. The second kappa shape index (κ2) is 40.0. The summed E-state index contributed by atoms with van der Waals surface area (Å²) in [6, 6.07) is 40.5. The second-order valence-electron chi connectivity index (χ2n) is 35.4. The number of piperidine rings is 4. The van der Waals surface area contributed by atoms with Gasteiger partial charge >= 0.3 is 0 Å². The van der Waals surface area contributed by atoms with Gasteiger partial charge in [0.1, 0.15) is 77.7 Å². The third kappa shape index (κ3) is 19.5. The lowest BCUT2D eigenvalue weighted by atomic mass is 9.84. The number of methoxy groups -OCH3 is 4. The number of nitrogens with zero attached hydrogens (tertiary/aromatic N) is 16. The van der Waals surface area contributed by atoms with Crippen LogP contribution in [0.25, 0.3) is 47.1 Å². The summed E-state index contributed by atoms with van der Waals surface area (Å²) in [5, 5.41) is 27.9. The molecule has 8 aromatic carbocycles. The highest BCUT2D eigenvalue weighted by molar-refractivity contribution is 6.06. The van der Waals surface area contributed by atoms with Gasteiger partial charge in [0.25, 0.3) is 0 Å². The number of hydrogen-bond donors (Lipinski definition) is 1. The Morgan fingerprint density at radius 2 is 0.759 bits per heavy atom. The smallest absolute Gasteiger partial charge is 0.194 e. The minimum Gasteiger partial charge on any atom is -0.495 e. The Balaban J connectivity index is 0.000000127. The van der Waals surface area contributed by atoms with Gasteiger partial charge in [0.2, 0.25) is 0 Å². The fraction of sp³-hybridized carbons (Fsp3) is 0.308. The molecule has 0 radical (unpaired) electrons. The molecule has 137 heavy (non-hydrogen) atoms. The van der Waals surface area contributed by atoms with Gasteiger partial charge in [-0.25, -0.2) is 55.1 Å². The zero-order chi connectivity index (χ0) is 96.1. The van der Waals surface area contributed by atoms with Gasteiger partial charge in [-0.05, 0) is 281 Å². The largest absolute Gasteiger partial charge is 0.495 e. The van der Waals surface area contributed by atoms with Crippen molar-refractivity contribution in [3.8, 4) is 45.7 Å². The van der Waals surface area contributed by atoms with E-state index in [2.05, 4.69) is 82.4 Å². The van der Waals surface area contributed by atoms with Crippen LogP contribution in [-0.4, -0.2) is 174 Å². The monoisotopic (exact) mass is 1870 g/mol. The summed E-state index contributed by atoms with van der Waals surface area (Å²) in [5.74, 6) is -2.53. The number of aryl methyl sites for hydroxylation is 4. The van der Waals surface area contributed by atoms with Gasteiger partial charge in [0, 0.05) is 51.0 Å². The van der Waals surface area contributed by atoms with Crippen LogP contribution in [0.3, 0.4) is 0 Å². The third-order valence-electron chi connectivity index (χ3n) is 25.9. The first-order chi connectivity index (χ1) is 66.1. The Morgan fingerprint density at radius 1 is 0.401 bits per heavy atom. The molecule has 25 nitrogen and oxygen atoms in total. The number of ether oxygens (including phenoxy) is 4. The van der Waals surface area contributed by atoms with E-state index in [1.54, 1.807) is 65.9 Å². The van der Waals surface area contributed by atoms with Gasteiger partial charge in [0.05, 0.1) is 112 Å². The molecule has 20 rings (SSSR count). The molecule has 5 unspecified atom stereocenters. The first kappa shape index (κ1) is 94.0. The molecular formula is C104H104F8N16O9. The average molecular weight is 1870 g/mol. The molecule has 0 amide bonds. The molecule has 710 valence electrons. The average Bonchev–Trinajstić information content (AvgIpc) is 1.14. The number of aliphatic hydroxyl groups is 1. The van der Waals surface area contributed by atoms with Crippen molar-refractivity contribution < 1.29 is 78.5 Å². The highest BCUT2D eigenvalue weighted by Gasteiger charge is 2.48. The number of benzene rings is 8. The van der Waals surface area contributed by atoms with Crippen LogP contribution in [-0.2, 0) is 36.0 Å². The molecule has 4 fully saturated rings. The van der Waals surface area contributed by atoms with Crippen LogP contribution in [0.1, 0.15) is 139 Å². The van der Waals surface area contributed by atoms with E-state index in [4.69, 9.17) is 38.3 Å². The predicted molar refractivity (Wildman–Crippen MR) is 505 cm³/mol. The lowest BCUT2D eigenvalue weighted by Gasteiger charge is -2.49. The lowest BCUT2D eigenvalue weighted by Crippen LogP contribution is -2.59. The highest BCUT2D eigenvalue weighted by Crippen LogP contribution is 2.45. The van der Waals surface area contributed by atoms with Crippen LogP contribution in [0.5, 0.6) is 23.0 Å². The van der Waals surface area contributed by atoms with Gasteiger partial charge < -0.3 is 81.3 Å². The predicted octanol–water partition coefficient (Wildman–Crippen LogP) is 19.9. The lowest BCUT2D eigenvalue weighted by molar-refractivity contribution is -0.0383. The molecule has 12 heterocycles. The Bertz CT molecular complexity index is 6720. The van der Waals surface area contributed by atoms with E-state index >= 15 is 0 Å². The SMILES string of the molecule is COc1cc(/C=C2\CC(C)CN3C2=NOCC3(C)c2cc(F)c(F)c(F)c2)ccc1-n1cnc(C)c1.COc1cc(/C=C2\CCCN3C2=NOCC3(C)c2ccc(F)cc2)ccc1-n1cnc(C)c1.COc1cc(/C=C2\CCCN3C2=NOCC3(CO)c2ccc(F)cc2)ccc1-n1cnc(C)c1.COc1cc(/C=C2\CCCN3C2=NOCC3c2cc(F)c(F)c(F)c2)ccc1-n1cnc(C)c1. The third-order valence-corrected chi connectivity index (χ3v) is 25.9. The molecule has 4 aromatic heterocycles. The van der Waals surface area contributed by atoms with Crippen molar-refractivity contribution >= 4 is 47.6 Å². The van der Waals surface area contributed by atoms with Crippen molar-refractivity contribution in [2.24, 2.45) is 26.5 Å². The molecule has 8 aliphatic heterocycles. The second-order valence-corrected chi connectivity index (χ2v) is 35.4. The Morgan fingerprint density at radius 3 is 1.17 bits per heavy atom. The molecule has 0 aliphatic carbocycles. The fourth-order valence-corrected chi connectivity index (χ4v) is 18.7. The van der Waals surface area contributed by atoms with E-state index < -0.39 is 57.6 Å². The van der Waals surface area contributed by atoms with Crippen molar-refractivity contribution in [2.75, 3.05) is 87.7 Å². The molecule has 0 spiro atoms. The number of aromatic nitrogens is 8. The maximum absolute atomic E-state index is 14.1. The van der Waals surface area contributed by atoms with E-state index in [1.165, 1.54) is 24.3 Å². The summed E-state index contributed by atoms with van der Waals surface area (Å²) < 4.78 is 141. The summed E-state index contributed by atoms with van der Waals surface area (Å²) in [6.07, 6.45) is 29.0. The Hall–Kier alpha value is -14.8. The number of hydrogen-bond acceptors (Lipinski definition) is 21. The molecule has 1 N–H and O–H groups in total. The zero-order valence-electron chi connectivity index (χ0n) is 77.6. The van der Waals surface area contributed by atoms with E-state index in [0.29, 0.717) is 59.8 Å². The van der Waals surface area contributed by atoms with Crippen LogP contribution in [0.15, 0.2) is 239 Å². The number of aliphatic hydroxyl groups excluding tert-OH is 1. The van der Waals surface area contributed by atoms with Gasteiger partial charge in [-0.2, -0.15) is 0 Å². The van der Waals surface area contributed by atoms with Crippen LogP contribution in [0.2, 0.25) is 0 Å². The van der Waals surface area contributed by atoms with Crippen LogP contribution < -0.4 is 18.9 Å². The first-order valence-electron chi connectivity index (χ1n) is 45.1. The van der Waals surface area contributed by atoms with E-state index in [1.807, 2.05) is 178 Å². The van der Waals surface area contributed by atoms with Crippen molar-refractivity contribution in [3.63, 3.8) is 0 Å². The van der Waals surface area contributed by atoms with Crippen molar-refractivity contribution in [2.45, 2.75) is 116 Å². The number of amidine groups is 4. The summed E-state index contributed by atoms with van der Waals surface area (Å²) in [7, 11) is 6.57. The number of halogens is 8. The maximum atomic E-state index is 14.1. The molecule has 4 saturated heterocycles. The minimum atomic E-state index is -1.48. The highest BCUT2D eigenvalue weighted by atomic mass is 19.2. The standard InChI is InChI=1S/C27H27F3N4O2.C26H27FN4O3.C26H27FN4O2.C25H23F3N4O2/c1-16-7-19(8-18-5-6-23(24(9-18)35-4)33-13-17(2)31-15-33)26-32-36-14-27(3,34(26)12-16)20-10-21(28)25(30)22(29)11-20;1-18-14-30(17-28-18)23-10-5-19(13-24(23)33-2)12-20-4-3-11-31-25(20)29-34-16-26(31,15-32)21-6-8-22(27)9-7-21;1-18-15-30(17-28-18)23-11-6-19(14-24(23)32-3)13-20-5-4-12-31-25(20)29-33-16-26(31,2)21-7-9-22(27)10-8-21;1-15-12-31(14-29-15)21-6-5-16(9-23(21)33-2)8-17-4-3-7-32-22(13-34-30-25(17)32)18-10-19(26)24(28)20(27)11-18/h5-6,8-11,13,15-16H,7,12,14H2,1-4H3;5-10,12-14,17,32H,3-4,11,15-16H2,1-2H3;6-11,13-15,17H,4-5,12,16H2,1-3H3;5-6,8-12,14,22H,3-4,7,13H2,1-2H3/b19-8+;20-12+;20-13+;17-8+. The van der Waals surface area contributed by atoms with E-state index in [9.17, 15) is 40.2 Å². The van der Waals surface area contributed by atoms with Gasteiger partial charge in [-0.1, -0.05) is 76.1 Å². The van der Waals surface area contributed by atoms with Gasteiger partial charge in [-0.3, -0.25) is 0 Å². The topological polar surface area (TPSA) is 228 Å². The molecule has 12 aromatic rings. The molecule has 0 bridgehead atoms.